The zero-order valence-electron chi connectivity index (χ0n) is 11.2. The fraction of sp³-hybridized carbons (Fsp3) is 0.188. The lowest BCUT2D eigenvalue weighted by molar-refractivity contribution is 0.0992. The number of carbonyl (C=O) groups is 1. The van der Waals surface area contributed by atoms with Gasteiger partial charge >= 0.3 is 0 Å². The first-order chi connectivity index (χ1) is 9.66. The highest BCUT2D eigenvalue weighted by atomic mass is 19.1. The maximum atomic E-state index is 13.7. The number of rotatable bonds is 2. The van der Waals surface area contributed by atoms with Crippen LogP contribution in [0.4, 0.5) is 10.1 Å². The molecule has 0 spiro atoms. The van der Waals surface area contributed by atoms with Crippen LogP contribution in [0.1, 0.15) is 21.5 Å². The van der Waals surface area contributed by atoms with Gasteiger partial charge in [0.25, 0.3) is 5.91 Å². The summed E-state index contributed by atoms with van der Waals surface area (Å²) in [5.41, 5.74) is 3.22. The SMILES string of the molecule is CN(C(=O)c1ccc2c(c1)CNC2)c1ccccc1F. The second kappa shape index (κ2) is 5.06. The number of amides is 1. The highest BCUT2D eigenvalue weighted by Crippen LogP contribution is 2.22. The van der Waals surface area contributed by atoms with Gasteiger partial charge < -0.3 is 10.2 Å². The number of fused-ring (bicyclic) bond motifs is 1. The second-order valence-corrected chi connectivity index (χ2v) is 4.90. The molecule has 0 aliphatic carbocycles. The van der Waals surface area contributed by atoms with Gasteiger partial charge in [0.15, 0.2) is 0 Å². The van der Waals surface area contributed by atoms with Crippen LogP contribution in [0.5, 0.6) is 0 Å². The Bertz CT molecular complexity index is 669. The van der Waals surface area contributed by atoms with E-state index in [4.69, 9.17) is 0 Å². The zero-order chi connectivity index (χ0) is 14.1. The molecule has 4 heteroatoms. The molecule has 0 fully saturated rings. The summed E-state index contributed by atoms with van der Waals surface area (Å²) >= 11 is 0. The van der Waals surface area contributed by atoms with Gasteiger partial charge in [-0.2, -0.15) is 0 Å². The van der Waals surface area contributed by atoms with E-state index in [1.165, 1.54) is 16.5 Å². The van der Waals surface area contributed by atoms with Gasteiger partial charge in [0.1, 0.15) is 5.82 Å². The summed E-state index contributed by atoms with van der Waals surface area (Å²) in [7, 11) is 1.59. The Kier molecular flexibility index (Phi) is 3.24. The lowest BCUT2D eigenvalue weighted by atomic mass is 10.1. The molecular weight excluding hydrogens is 255 g/mol. The van der Waals surface area contributed by atoms with Crippen LogP contribution < -0.4 is 10.2 Å². The van der Waals surface area contributed by atoms with Gasteiger partial charge in [-0.1, -0.05) is 18.2 Å². The third kappa shape index (κ3) is 2.18. The number of carbonyl (C=O) groups excluding carboxylic acids is 1. The lowest BCUT2D eigenvalue weighted by Gasteiger charge is -2.18. The Labute approximate surface area is 117 Å². The van der Waals surface area contributed by atoms with Crippen molar-refractivity contribution >= 4 is 11.6 Å². The smallest absolute Gasteiger partial charge is 0.258 e. The van der Waals surface area contributed by atoms with E-state index in [2.05, 4.69) is 5.32 Å². The summed E-state index contributed by atoms with van der Waals surface area (Å²) in [6.45, 7) is 1.62. The molecule has 0 atom stereocenters. The molecule has 1 amide bonds. The average Bonchev–Trinajstić information content (AvgIpc) is 2.93. The first-order valence-electron chi connectivity index (χ1n) is 6.52. The van der Waals surface area contributed by atoms with Crippen molar-refractivity contribution in [2.45, 2.75) is 13.1 Å². The van der Waals surface area contributed by atoms with Gasteiger partial charge in [-0.05, 0) is 35.4 Å². The van der Waals surface area contributed by atoms with Crippen molar-refractivity contribution in [3.05, 3.63) is 65.0 Å². The molecule has 20 heavy (non-hydrogen) atoms. The van der Waals surface area contributed by atoms with Crippen LogP contribution in [0.25, 0.3) is 0 Å². The summed E-state index contributed by atoms with van der Waals surface area (Å²) in [5, 5.41) is 3.24. The molecule has 2 aromatic carbocycles. The van der Waals surface area contributed by atoms with Crippen LogP contribution >= 0.6 is 0 Å². The minimum Gasteiger partial charge on any atom is -0.309 e. The highest BCUT2D eigenvalue weighted by molar-refractivity contribution is 6.05. The van der Waals surface area contributed by atoms with Crippen LogP contribution in [-0.2, 0) is 13.1 Å². The maximum Gasteiger partial charge on any atom is 0.258 e. The van der Waals surface area contributed by atoms with Gasteiger partial charge in [-0.15, -0.1) is 0 Å². The Balaban J connectivity index is 1.91. The number of halogens is 1. The molecule has 1 aliphatic rings. The molecule has 0 bridgehead atoms. The lowest BCUT2D eigenvalue weighted by Crippen LogP contribution is -2.27. The van der Waals surface area contributed by atoms with Crippen LogP contribution in [-0.4, -0.2) is 13.0 Å². The van der Waals surface area contributed by atoms with Crippen LogP contribution in [0, 0.1) is 5.82 Å². The summed E-state index contributed by atoms with van der Waals surface area (Å²) < 4.78 is 13.7. The molecule has 0 radical (unpaired) electrons. The van der Waals surface area contributed by atoms with Crippen molar-refractivity contribution in [1.82, 2.24) is 5.32 Å². The predicted octanol–water partition coefficient (Wildman–Crippen LogP) is 2.71. The van der Waals surface area contributed by atoms with E-state index in [9.17, 15) is 9.18 Å². The monoisotopic (exact) mass is 270 g/mol. The second-order valence-electron chi connectivity index (χ2n) is 4.90. The molecule has 1 N–H and O–H groups in total. The third-order valence-electron chi connectivity index (χ3n) is 3.60. The van der Waals surface area contributed by atoms with Gasteiger partial charge in [0, 0.05) is 25.7 Å². The molecule has 0 saturated heterocycles. The standard InChI is InChI=1S/C16H15FN2O/c1-19(15-5-3-2-4-14(15)17)16(20)11-6-7-12-9-18-10-13(12)8-11/h2-8,18H,9-10H2,1H3. The molecule has 3 nitrogen and oxygen atoms in total. The van der Waals surface area contributed by atoms with E-state index in [-0.39, 0.29) is 11.6 Å². The normalized spacial score (nSPS) is 13.1. The molecule has 102 valence electrons. The van der Waals surface area contributed by atoms with E-state index in [1.54, 1.807) is 31.3 Å². The molecule has 3 rings (SSSR count). The average molecular weight is 270 g/mol. The Hall–Kier alpha value is -2.20. The summed E-state index contributed by atoms with van der Waals surface area (Å²) in [5.74, 6) is -0.601. The highest BCUT2D eigenvalue weighted by Gasteiger charge is 2.18. The fourth-order valence-corrected chi connectivity index (χ4v) is 2.45. The van der Waals surface area contributed by atoms with Gasteiger partial charge in [-0.3, -0.25) is 4.79 Å². The van der Waals surface area contributed by atoms with Gasteiger partial charge in [0.05, 0.1) is 5.69 Å². The predicted molar refractivity (Wildman–Crippen MR) is 76.1 cm³/mol. The summed E-state index contributed by atoms with van der Waals surface area (Å²) in [6, 6.07) is 11.9. The minimum absolute atomic E-state index is 0.204. The van der Waals surface area contributed by atoms with E-state index < -0.39 is 5.82 Å². The van der Waals surface area contributed by atoms with Crippen LogP contribution in [0.15, 0.2) is 42.5 Å². The Morgan fingerprint density at radius 1 is 1.15 bits per heavy atom. The maximum absolute atomic E-state index is 13.7. The molecular formula is C16H15FN2O. The van der Waals surface area contributed by atoms with Crippen molar-refractivity contribution in [2.75, 3.05) is 11.9 Å². The summed E-state index contributed by atoms with van der Waals surface area (Å²) in [6.07, 6.45) is 0. The largest absolute Gasteiger partial charge is 0.309 e. The van der Waals surface area contributed by atoms with Crippen LogP contribution in [0.3, 0.4) is 0 Å². The number of benzene rings is 2. The molecule has 1 heterocycles. The fourth-order valence-electron chi connectivity index (χ4n) is 2.45. The minimum atomic E-state index is -0.397. The van der Waals surface area contributed by atoms with E-state index in [0.29, 0.717) is 5.56 Å². The number of nitrogens with one attached hydrogen (secondary N) is 1. The molecule has 0 saturated carbocycles. The van der Waals surface area contributed by atoms with E-state index >= 15 is 0 Å². The van der Waals surface area contributed by atoms with Gasteiger partial charge in [0.2, 0.25) is 0 Å². The van der Waals surface area contributed by atoms with Crippen molar-refractivity contribution in [3.8, 4) is 0 Å². The zero-order valence-corrected chi connectivity index (χ0v) is 11.2. The van der Waals surface area contributed by atoms with Gasteiger partial charge in [-0.25, -0.2) is 4.39 Å². The van der Waals surface area contributed by atoms with Crippen LogP contribution in [0.2, 0.25) is 0 Å². The molecule has 0 aromatic heterocycles. The quantitative estimate of drug-likeness (QED) is 0.910. The van der Waals surface area contributed by atoms with Crippen molar-refractivity contribution < 1.29 is 9.18 Å². The van der Waals surface area contributed by atoms with Crippen molar-refractivity contribution in [3.63, 3.8) is 0 Å². The van der Waals surface area contributed by atoms with E-state index in [1.807, 2.05) is 12.1 Å². The number of anilines is 1. The number of hydrogen-bond donors (Lipinski definition) is 1. The first-order valence-corrected chi connectivity index (χ1v) is 6.52. The Morgan fingerprint density at radius 3 is 2.70 bits per heavy atom. The number of hydrogen-bond acceptors (Lipinski definition) is 2. The molecule has 2 aromatic rings. The van der Waals surface area contributed by atoms with E-state index in [0.717, 1.165) is 18.7 Å². The van der Waals surface area contributed by atoms with Crippen molar-refractivity contribution in [1.29, 1.82) is 0 Å². The third-order valence-corrected chi connectivity index (χ3v) is 3.60. The topological polar surface area (TPSA) is 32.3 Å². The van der Waals surface area contributed by atoms with Crippen molar-refractivity contribution in [2.24, 2.45) is 0 Å². The first kappa shape index (κ1) is 12.8. The number of para-hydroxylation sites is 1. The molecule has 1 aliphatic heterocycles. The number of nitrogens with zero attached hydrogens (tertiary/aromatic N) is 1. The Morgan fingerprint density at radius 2 is 1.90 bits per heavy atom. The summed E-state index contributed by atoms with van der Waals surface area (Å²) in [4.78, 5) is 13.8. The molecule has 0 unspecified atom stereocenters.